The number of rotatable bonds is 8. The fraction of sp³-hybridized carbons (Fsp3) is 0.643. The normalized spacial score (nSPS) is 14.7. The lowest BCUT2D eigenvalue weighted by Gasteiger charge is -2.33. The molecule has 0 bridgehead atoms. The molecule has 0 amide bonds. The summed E-state index contributed by atoms with van der Waals surface area (Å²) in [5.41, 5.74) is 7.00. The Morgan fingerprint density at radius 2 is 2.22 bits per heavy atom. The first-order valence-corrected chi connectivity index (χ1v) is 6.55. The van der Waals surface area contributed by atoms with Gasteiger partial charge in [-0.1, -0.05) is 19.9 Å². The van der Waals surface area contributed by atoms with Gasteiger partial charge in [0.15, 0.2) is 0 Å². The number of pyridine rings is 1. The molecule has 0 aliphatic rings. The van der Waals surface area contributed by atoms with Gasteiger partial charge in [-0.2, -0.15) is 0 Å². The van der Waals surface area contributed by atoms with Gasteiger partial charge < -0.3 is 10.5 Å². The van der Waals surface area contributed by atoms with Crippen LogP contribution in [0.15, 0.2) is 24.4 Å². The maximum atomic E-state index is 5.92. The molecular weight excluding hydrogens is 226 g/mol. The molecule has 18 heavy (non-hydrogen) atoms. The van der Waals surface area contributed by atoms with Crippen LogP contribution in [0.1, 0.15) is 19.5 Å². The molecule has 2 N–H and O–H groups in total. The van der Waals surface area contributed by atoms with Crippen LogP contribution in [-0.4, -0.2) is 42.7 Å². The molecule has 0 aliphatic heterocycles. The van der Waals surface area contributed by atoms with Crippen molar-refractivity contribution in [2.75, 3.05) is 26.8 Å². The molecule has 0 radical (unpaired) electrons. The van der Waals surface area contributed by atoms with Crippen molar-refractivity contribution in [1.82, 2.24) is 9.88 Å². The Kier molecular flexibility index (Phi) is 6.86. The molecule has 0 saturated heterocycles. The number of nitrogens with two attached hydrogens (primary N) is 1. The lowest BCUT2D eigenvalue weighted by molar-refractivity contribution is 0.0831. The van der Waals surface area contributed by atoms with Gasteiger partial charge in [-0.15, -0.1) is 0 Å². The summed E-state index contributed by atoms with van der Waals surface area (Å²) in [5, 5.41) is 0. The summed E-state index contributed by atoms with van der Waals surface area (Å²) in [6.45, 7) is 7.53. The molecular formula is C14H25N3O. The average Bonchev–Trinajstić information content (AvgIpc) is 2.40. The van der Waals surface area contributed by atoms with E-state index in [0.717, 1.165) is 25.4 Å². The van der Waals surface area contributed by atoms with E-state index < -0.39 is 0 Å². The number of nitrogens with zero attached hydrogens (tertiary/aromatic N) is 2. The Morgan fingerprint density at radius 1 is 1.44 bits per heavy atom. The van der Waals surface area contributed by atoms with E-state index in [-0.39, 0.29) is 0 Å². The minimum atomic E-state index is 0.331. The summed E-state index contributed by atoms with van der Waals surface area (Å²) in [7, 11) is 1.74. The van der Waals surface area contributed by atoms with E-state index in [4.69, 9.17) is 10.5 Å². The monoisotopic (exact) mass is 251 g/mol. The predicted octanol–water partition coefficient (Wildman–Crippen LogP) is 1.51. The van der Waals surface area contributed by atoms with Gasteiger partial charge in [0.05, 0.1) is 12.3 Å². The van der Waals surface area contributed by atoms with E-state index in [1.54, 1.807) is 7.11 Å². The van der Waals surface area contributed by atoms with Crippen LogP contribution < -0.4 is 5.73 Å². The van der Waals surface area contributed by atoms with Gasteiger partial charge >= 0.3 is 0 Å². The lowest BCUT2D eigenvalue weighted by Crippen LogP contribution is -2.45. The Morgan fingerprint density at radius 3 is 2.72 bits per heavy atom. The molecule has 0 fully saturated rings. The number of hydrogen-bond acceptors (Lipinski definition) is 4. The smallest absolute Gasteiger partial charge is 0.0544 e. The van der Waals surface area contributed by atoms with Crippen LogP contribution >= 0.6 is 0 Å². The molecule has 1 aromatic heterocycles. The number of hydrogen-bond donors (Lipinski definition) is 1. The van der Waals surface area contributed by atoms with E-state index in [9.17, 15) is 0 Å². The first kappa shape index (κ1) is 15.1. The maximum Gasteiger partial charge on any atom is 0.0544 e. The van der Waals surface area contributed by atoms with E-state index in [0.29, 0.717) is 18.5 Å². The zero-order valence-corrected chi connectivity index (χ0v) is 11.7. The average molecular weight is 251 g/mol. The Hall–Kier alpha value is -0.970. The first-order chi connectivity index (χ1) is 8.72. The van der Waals surface area contributed by atoms with Gasteiger partial charge in [0, 0.05) is 32.4 Å². The lowest BCUT2D eigenvalue weighted by atomic mass is 10.0. The summed E-state index contributed by atoms with van der Waals surface area (Å²) in [6, 6.07) is 6.34. The third-order valence-electron chi connectivity index (χ3n) is 3.29. The van der Waals surface area contributed by atoms with Crippen molar-refractivity contribution in [3.8, 4) is 0 Å². The van der Waals surface area contributed by atoms with Gasteiger partial charge in [-0.3, -0.25) is 9.88 Å². The fourth-order valence-electron chi connectivity index (χ4n) is 2.28. The third-order valence-corrected chi connectivity index (χ3v) is 3.29. The van der Waals surface area contributed by atoms with E-state index >= 15 is 0 Å². The zero-order chi connectivity index (χ0) is 13.4. The third kappa shape index (κ3) is 4.37. The number of ether oxygens (including phenoxy) is 1. The van der Waals surface area contributed by atoms with Crippen LogP contribution in [0.25, 0.3) is 0 Å². The van der Waals surface area contributed by atoms with Crippen molar-refractivity contribution >= 4 is 0 Å². The second kappa shape index (κ2) is 8.19. The minimum Gasteiger partial charge on any atom is -0.384 e. The SMILES string of the molecule is CCN(Cc1ccccn1)C(CN)C(C)COC. The standard InChI is InChI=1S/C14H25N3O/c1-4-17(10-13-7-5-6-8-16-13)14(9-15)12(2)11-18-3/h5-8,12,14H,4,9-11,15H2,1-3H3. The molecule has 4 nitrogen and oxygen atoms in total. The molecule has 4 heteroatoms. The summed E-state index contributed by atoms with van der Waals surface area (Å²) in [4.78, 5) is 6.74. The molecule has 102 valence electrons. The van der Waals surface area contributed by atoms with Gasteiger partial charge in [0.2, 0.25) is 0 Å². The first-order valence-electron chi connectivity index (χ1n) is 6.55. The van der Waals surface area contributed by atoms with Crippen LogP contribution in [0.5, 0.6) is 0 Å². The fourth-order valence-corrected chi connectivity index (χ4v) is 2.28. The van der Waals surface area contributed by atoms with E-state index in [2.05, 4.69) is 29.8 Å². The highest BCUT2D eigenvalue weighted by Gasteiger charge is 2.22. The van der Waals surface area contributed by atoms with Gasteiger partial charge in [-0.25, -0.2) is 0 Å². The quantitative estimate of drug-likeness (QED) is 0.761. The zero-order valence-electron chi connectivity index (χ0n) is 11.7. The topological polar surface area (TPSA) is 51.4 Å². The second-order valence-electron chi connectivity index (χ2n) is 4.62. The van der Waals surface area contributed by atoms with Crippen molar-refractivity contribution in [1.29, 1.82) is 0 Å². The van der Waals surface area contributed by atoms with Crippen molar-refractivity contribution in [2.45, 2.75) is 26.4 Å². The molecule has 2 unspecified atom stereocenters. The highest BCUT2D eigenvalue weighted by atomic mass is 16.5. The number of aromatic nitrogens is 1. The molecule has 1 aromatic rings. The minimum absolute atomic E-state index is 0.331. The largest absolute Gasteiger partial charge is 0.384 e. The summed E-state index contributed by atoms with van der Waals surface area (Å²) in [6.07, 6.45) is 1.83. The van der Waals surface area contributed by atoms with Crippen molar-refractivity contribution < 1.29 is 4.74 Å². The summed E-state index contributed by atoms with van der Waals surface area (Å²) in [5.74, 6) is 0.420. The Bertz CT molecular complexity index is 318. The van der Waals surface area contributed by atoms with Crippen LogP contribution in [0.2, 0.25) is 0 Å². The number of likely N-dealkylation sites (N-methyl/N-ethyl adjacent to an activating group) is 1. The van der Waals surface area contributed by atoms with Crippen molar-refractivity contribution in [3.05, 3.63) is 30.1 Å². The molecule has 1 heterocycles. The van der Waals surface area contributed by atoms with Crippen LogP contribution in [-0.2, 0) is 11.3 Å². The van der Waals surface area contributed by atoms with Crippen molar-refractivity contribution in [2.24, 2.45) is 11.7 Å². The van der Waals surface area contributed by atoms with Gasteiger partial charge in [-0.05, 0) is 24.6 Å². The highest BCUT2D eigenvalue weighted by molar-refractivity contribution is 5.03. The van der Waals surface area contributed by atoms with E-state index in [1.807, 2.05) is 18.3 Å². The second-order valence-corrected chi connectivity index (χ2v) is 4.62. The number of methoxy groups -OCH3 is 1. The van der Waals surface area contributed by atoms with Gasteiger partial charge in [0.25, 0.3) is 0 Å². The predicted molar refractivity (Wildman–Crippen MR) is 74.2 cm³/mol. The molecule has 0 spiro atoms. The Labute approximate surface area is 110 Å². The van der Waals surface area contributed by atoms with Gasteiger partial charge in [0.1, 0.15) is 0 Å². The summed E-state index contributed by atoms with van der Waals surface area (Å²) >= 11 is 0. The Balaban J connectivity index is 2.68. The van der Waals surface area contributed by atoms with Crippen LogP contribution in [0, 0.1) is 5.92 Å². The molecule has 2 atom stereocenters. The summed E-state index contributed by atoms with van der Waals surface area (Å²) < 4.78 is 5.23. The highest BCUT2D eigenvalue weighted by Crippen LogP contribution is 2.13. The molecule has 0 saturated carbocycles. The maximum absolute atomic E-state index is 5.92. The molecule has 1 rings (SSSR count). The van der Waals surface area contributed by atoms with E-state index in [1.165, 1.54) is 0 Å². The molecule has 0 aromatic carbocycles. The van der Waals surface area contributed by atoms with Crippen LogP contribution in [0.3, 0.4) is 0 Å². The molecule has 0 aliphatic carbocycles. The van der Waals surface area contributed by atoms with Crippen molar-refractivity contribution in [3.63, 3.8) is 0 Å². The van der Waals surface area contributed by atoms with Crippen LogP contribution in [0.4, 0.5) is 0 Å².